The van der Waals surface area contributed by atoms with Gasteiger partial charge in [-0.15, -0.1) is 0 Å². The van der Waals surface area contributed by atoms with Crippen molar-refractivity contribution in [1.29, 1.82) is 0 Å². The summed E-state index contributed by atoms with van der Waals surface area (Å²) in [6, 6.07) is 17.3. The molecule has 0 radical (unpaired) electrons. The molecule has 0 spiro atoms. The summed E-state index contributed by atoms with van der Waals surface area (Å²) in [7, 11) is -2.49. The average Bonchev–Trinajstić information content (AvgIpc) is 2.84. The van der Waals surface area contributed by atoms with E-state index in [0.29, 0.717) is 33.7 Å². The summed E-state index contributed by atoms with van der Waals surface area (Å²) in [5.41, 5.74) is 3.36. The number of methoxy groups -OCH3 is 1. The van der Waals surface area contributed by atoms with Crippen molar-refractivity contribution in [3.63, 3.8) is 0 Å². The molecule has 3 rings (SSSR count). The van der Waals surface area contributed by atoms with Crippen LogP contribution in [0.1, 0.15) is 15.9 Å². The highest BCUT2D eigenvalue weighted by Gasteiger charge is 2.17. The minimum Gasteiger partial charge on any atom is -0.493 e. The fourth-order valence-electron chi connectivity index (χ4n) is 2.73. The highest BCUT2D eigenvalue weighted by molar-refractivity contribution is 9.10. The fourth-order valence-corrected chi connectivity index (χ4v) is 4.28. The Balaban J connectivity index is 1.65. The predicted octanol–water partition coefficient (Wildman–Crippen LogP) is 4.55. The van der Waals surface area contributed by atoms with E-state index in [9.17, 15) is 13.2 Å². The van der Waals surface area contributed by atoms with Gasteiger partial charge in [0.05, 0.1) is 17.8 Å². The summed E-state index contributed by atoms with van der Waals surface area (Å²) in [5.74, 6) is 0.570. The molecule has 0 aliphatic heterocycles. The Hall–Kier alpha value is -3.63. The minimum absolute atomic E-state index is 0.0483. The maximum absolute atomic E-state index is 12.4. The van der Waals surface area contributed by atoms with Crippen molar-refractivity contribution in [3.8, 4) is 17.2 Å². The molecular weight excluding hydrogens is 524 g/mol. The lowest BCUT2D eigenvalue weighted by Crippen LogP contribution is -2.17. The molecule has 0 unspecified atom stereocenters. The summed E-state index contributed by atoms with van der Waals surface area (Å²) in [4.78, 5) is 12.5. The largest absolute Gasteiger partial charge is 0.493 e. The lowest BCUT2D eigenvalue weighted by molar-refractivity contribution is 0.0954. The Labute approximate surface area is 206 Å². The van der Waals surface area contributed by atoms with Crippen LogP contribution in [0.2, 0.25) is 0 Å². The zero-order valence-corrected chi connectivity index (χ0v) is 20.5. The van der Waals surface area contributed by atoms with Gasteiger partial charge in [0.25, 0.3) is 5.91 Å². The molecule has 10 heteroatoms. The molecule has 176 valence electrons. The van der Waals surface area contributed by atoms with Gasteiger partial charge in [0.2, 0.25) is 0 Å². The van der Waals surface area contributed by atoms with Crippen molar-refractivity contribution in [2.45, 2.75) is 4.90 Å². The number of amides is 1. The van der Waals surface area contributed by atoms with Gasteiger partial charge in [-0.3, -0.25) is 4.79 Å². The predicted molar refractivity (Wildman–Crippen MR) is 132 cm³/mol. The van der Waals surface area contributed by atoms with Crippen LogP contribution >= 0.6 is 15.9 Å². The third-order valence-corrected chi connectivity index (χ3v) is 6.22. The second-order valence-electron chi connectivity index (χ2n) is 6.70. The average molecular weight is 545 g/mol. The molecule has 0 bridgehead atoms. The van der Waals surface area contributed by atoms with Crippen LogP contribution in [0.25, 0.3) is 0 Å². The van der Waals surface area contributed by atoms with Gasteiger partial charge >= 0.3 is 10.1 Å². The molecule has 0 fully saturated rings. The molecule has 1 N–H and O–H groups in total. The minimum atomic E-state index is -3.97. The first-order valence-electron chi connectivity index (χ1n) is 9.88. The lowest BCUT2D eigenvalue weighted by atomic mass is 10.2. The standard InChI is InChI=1S/C24H21BrN2O6S/c1-3-13-32-22-12-10-18(15-23(22)31-2)24(28)27-26-16-17-9-11-21(20(25)14-17)33-34(29,30)19-7-5-4-6-8-19/h3-12,14-16H,1,13H2,2H3,(H,27,28)/b26-16+. The molecule has 3 aromatic rings. The van der Waals surface area contributed by atoms with Crippen molar-refractivity contribution < 1.29 is 26.9 Å². The van der Waals surface area contributed by atoms with E-state index >= 15 is 0 Å². The molecule has 0 aliphatic carbocycles. The van der Waals surface area contributed by atoms with E-state index in [0.717, 1.165) is 0 Å². The van der Waals surface area contributed by atoms with E-state index in [2.05, 4.69) is 33.0 Å². The van der Waals surface area contributed by atoms with E-state index in [4.69, 9.17) is 13.7 Å². The Morgan fingerprint density at radius 1 is 1.06 bits per heavy atom. The summed E-state index contributed by atoms with van der Waals surface area (Å²) in [6.07, 6.45) is 3.02. The van der Waals surface area contributed by atoms with E-state index in [1.165, 1.54) is 31.5 Å². The Morgan fingerprint density at radius 2 is 1.79 bits per heavy atom. The zero-order valence-electron chi connectivity index (χ0n) is 18.1. The summed E-state index contributed by atoms with van der Waals surface area (Å²) in [5, 5.41) is 3.95. The normalized spacial score (nSPS) is 11.1. The summed E-state index contributed by atoms with van der Waals surface area (Å²) >= 11 is 3.30. The molecule has 34 heavy (non-hydrogen) atoms. The number of hydrazone groups is 1. The van der Waals surface area contributed by atoms with Crippen LogP contribution in [-0.2, 0) is 10.1 Å². The van der Waals surface area contributed by atoms with Crippen molar-refractivity contribution >= 4 is 38.2 Å². The smallest absolute Gasteiger partial charge is 0.339 e. The van der Waals surface area contributed by atoms with Crippen LogP contribution in [0.3, 0.4) is 0 Å². The SMILES string of the molecule is C=CCOc1ccc(C(=O)N/N=C/c2ccc(OS(=O)(=O)c3ccccc3)c(Br)c2)cc1OC. The number of nitrogens with one attached hydrogen (secondary N) is 1. The maximum atomic E-state index is 12.4. The molecular formula is C24H21BrN2O6S. The number of carbonyl (C=O) groups excluding carboxylic acids is 1. The zero-order chi connectivity index (χ0) is 24.6. The van der Waals surface area contributed by atoms with E-state index < -0.39 is 16.0 Å². The van der Waals surface area contributed by atoms with Gasteiger partial charge in [-0.05, 0) is 70.0 Å². The highest BCUT2D eigenvalue weighted by Crippen LogP contribution is 2.29. The van der Waals surface area contributed by atoms with Crippen molar-refractivity contribution in [1.82, 2.24) is 5.43 Å². The number of halogens is 1. The van der Waals surface area contributed by atoms with Gasteiger partial charge in [0.15, 0.2) is 17.2 Å². The molecule has 8 nitrogen and oxygen atoms in total. The van der Waals surface area contributed by atoms with Gasteiger partial charge in [-0.1, -0.05) is 30.9 Å². The van der Waals surface area contributed by atoms with Crippen LogP contribution < -0.4 is 19.1 Å². The van der Waals surface area contributed by atoms with Crippen LogP contribution in [-0.4, -0.2) is 34.3 Å². The van der Waals surface area contributed by atoms with Gasteiger partial charge in [-0.2, -0.15) is 13.5 Å². The monoisotopic (exact) mass is 544 g/mol. The van der Waals surface area contributed by atoms with E-state index in [1.54, 1.807) is 54.6 Å². The van der Waals surface area contributed by atoms with E-state index in [1.807, 2.05) is 0 Å². The van der Waals surface area contributed by atoms with Gasteiger partial charge in [-0.25, -0.2) is 5.43 Å². The second kappa shape index (κ2) is 11.5. The molecule has 0 saturated carbocycles. The van der Waals surface area contributed by atoms with E-state index in [-0.39, 0.29) is 10.6 Å². The molecule has 0 aromatic heterocycles. The quantitative estimate of drug-likeness (QED) is 0.174. The molecule has 0 saturated heterocycles. The third-order valence-electron chi connectivity index (χ3n) is 4.35. The fraction of sp³-hybridized carbons (Fsp3) is 0.0833. The molecule has 3 aromatic carbocycles. The van der Waals surface area contributed by atoms with Crippen LogP contribution in [0.4, 0.5) is 0 Å². The Kier molecular flexibility index (Phi) is 8.44. The van der Waals surface area contributed by atoms with Crippen LogP contribution in [0, 0.1) is 0 Å². The molecule has 1 amide bonds. The number of hydrogen-bond acceptors (Lipinski definition) is 7. The molecule has 0 heterocycles. The number of benzene rings is 3. The highest BCUT2D eigenvalue weighted by atomic mass is 79.9. The number of hydrogen-bond donors (Lipinski definition) is 1. The number of carbonyl (C=O) groups is 1. The lowest BCUT2D eigenvalue weighted by Gasteiger charge is -2.10. The maximum Gasteiger partial charge on any atom is 0.339 e. The van der Waals surface area contributed by atoms with Crippen molar-refractivity contribution in [2.24, 2.45) is 5.10 Å². The van der Waals surface area contributed by atoms with Crippen molar-refractivity contribution in [2.75, 3.05) is 13.7 Å². The molecule has 0 atom stereocenters. The van der Waals surface area contributed by atoms with Gasteiger partial charge in [0, 0.05) is 5.56 Å². The first kappa shape index (κ1) is 25.0. The van der Waals surface area contributed by atoms with Crippen LogP contribution in [0.15, 0.2) is 93.9 Å². The Bertz CT molecular complexity index is 1310. The third kappa shape index (κ3) is 6.46. The topological polar surface area (TPSA) is 103 Å². The van der Waals surface area contributed by atoms with Gasteiger partial charge < -0.3 is 13.7 Å². The summed E-state index contributed by atoms with van der Waals surface area (Å²) in [6.45, 7) is 3.90. The number of rotatable bonds is 10. The first-order chi connectivity index (χ1) is 16.3. The number of nitrogens with zero attached hydrogens (tertiary/aromatic N) is 1. The first-order valence-corrected chi connectivity index (χ1v) is 12.1. The second-order valence-corrected chi connectivity index (χ2v) is 9.11. The molecule has 0 aliphatic rings. The Morgan fingerprint density at radius 3 is 2.47 bits per heavy atom. The summed E-state index contributed by atoms with van der Waals surface area (Å²) < 4.78 is 41.1. The van der Waals surface area contributed by atoms with Crippen molar-refractivity contribution in [3.05, 3.63) is 95.0 Å². The number of ether oxygens (including phenoxy) is 2. The van der Waals surface area contributed by atoms with Crippen LogP contribution in [0.5, 0.6) is 17.2 Å². The van der Waals surface area contributed by atoms with Gasteiger partial charge in [0.1, 0.15) is 11.5 Å².